The number of hydrogen-bond acceptors (Lipinski definition) is 5. The molecule has 0 unspecified atom stereocenters. The van der Waals surface area contributed by atoms with Crippen LogP contribution in [0.15, 0.2) is 18.2 Å². The number of nitrogens with one attached hydrogen (secondary N) is 1. The van der Waals surface area contributed by atoms with Crippen LogP contribution in [0.4, 0.5) is 5.69 Å². The summed E-state index contributed by atoms with van der Waals surface area (Å²) in [6.07, 6.45) is 0. The zero-order chi connectivity index (χ0) is 13.6. The minimum atomic E-state index is -2.96. The largest absolute Gasteiger partial charge is 0.497 e. The molecule has 0 bridgehead atoms. The van der Waals surface area contributed by atoms with Gasteiger partial charge in [0.25, 0.3) is 0 Å². The van der Waals surface area contributed by atoms with Crippen LogP contribution in [0.3, 0.4) is 0 Å². The lowest BCUT2D eigenvalue weighted by atomic mass is 10.2. The van der Waals surface area contributed by atoms with Crippen molar-refractivity contribution in [2.75, 3.05) is 37.6 Å². The van der Waals surface area contributed by atoms with Gasteiger partial charge in [0.2, 0.25) is 0 Å². The molecule has 6 heteroatoms. The van der Waals surface area contributed by atoms with E-state index in [1.165, 1.54) is 0 Å². The summed E-state index contributed by atoms with van der Waals surface area (Å²) in [5.74, 6) is 1.61. The number of rotatable bonds is 7. The maximum absolute atomic E-state index is 11.4. The molecule has 1 rings (SSSR count). The molecule has 1 aromatic carbocycles. The van der Waals surface area contributed by atoms with E-state index in [0.717, 1.165) is 5.69 Å². The molecule has 0 heterocycles. The third-order valence-electron chi connectivity index (χ3n) is 2.57. The van der Waals surface area contributed by atoms with Gasteiger partial charge in [0.1, 0.15) is 11.5 Å². The van der Waals surface area contributed by atoms with E-state index in [1.807, 2.05) is 0 Å². The molecule has 0 aliphatic carbocycles. The van der Waals surface area contributed by atoms with Gasteiger partial charge in [0, 0.05) is 18.4 Å². The van der Waals surface area contributed by atoms with E-state index in [0.29, 0.717) is 18.0 Å². The summed E-state index contributed by atoms with van der Waals surface area (Å²) >= 11 is 0. The van der Waals surface area contributed by atoms with Crippen LogP contribution in [0.1, 0.15) is 6.92 Å². The quantitative estimate of drug-likeness (QED) is 0.816. The molecular formula is C12H19NO4S. The van der Waals surface area contributed by atoms with Crippen LogP contribution in [0, 0.1) is 0 Å². The van der Waals surface area contributed by atoms with Gasteiger partial charge in [-0.2, -0.15) is 0 Å². The standard InChI is InChI=1S/C12H19NO4S/c1-4-18(14,15)8-7-13-11-9-10(16-2)5-6-12(11)17-3/h5-6,9,13H,4,7-8H2,1-3H3. The van der Waals surface area contributed by atoms with Crippen LogP contribution in [-0.4, -0.2) is 40.7 Å². The maximum atomic E-state index is 11.4. The summed E-state index contributed by atoms with van der Waals surface area (Å²) < 4.78 is 33.0. The second kappa shape index (κ2) is 6.49. The Balaban J connectivity index is 2.71. The smallest absolute Gasteiger partial charge is 0.151 e. The Hall–Kier alpha value is -1.43. The minimum absolute atomic E-state index is 0.101. The van der Waals surface area contributed by atoms with Gasteiger partial charge in [0.15, 0.2) is 9.84 Å². The summed E-state index contributed by atoms with van der Waals surface area (Å²) in [5, 5.41) is 3.05. The van der Waals surface area contributed by atoms with Gasteiger partial charge in [0.05, 0.1) is 25.7 Å². The predicted octanol–water partition coefficient (Wildman–Crippen LogP) is 1.55. The van der Waals surface area contributed by atoms with Crippen molar-refractivity contribution in [1.82, 2.24) is 0 Å². The highest BCUT2D eigenvalue weighted by Crippen LogP contribution is 2.28. The maximum Gasteiger partial charge on any atom is 0.151 e. The first-order chi connectivity index (χ1) is 8.52. The lowest BCUT2D eigenvalue weighted by Gasteiger charge is -2.12. The van der Waals surface area contributed by atoms with Crippen molar-refractivity contribution in [3.05, 3.63) is 18.2 Å². The van der Waals surface area contributed by atoms with Crippen LogP contribution >= 0.6 is 0 Å². The number of anilines is 1. The second-order valence-electron chi connectivity index (χ2n) is 3.73. The summed E-state index contributed by atoms with van der Waals surface area (Å²) in [6, 6.07) is 5.33. The van der Waals surface area contributed by atoms with E-state index in [4.69, 9.17) is 9.47 Å². The highest BCUT2D eigenvalue weighted by atomic mass is 32.2. The van der Waals surface area contributed by atoms with Gasteiger partial charge >= 0.3 is 0 Å². The van der Waals surface area contributed by atoms with Crippen molar-refractivity contribution in [2.45, 2.75) is 6.92 Å². The van der Waals surface area contributed by atoms with Crippen LogP contribution < -0.4 is 14.8 Å². The Labute approximate surface area is 108 Å². The molecule has 0 fully saturated rings. The fourth-order valence-corrected chi connectivity index (χ4v) is 2.14. The molecule has 1 aromatic rings. The number of benzene rings is 1. The van der Waals surface area contributed by atoms with Gasteiger partial charge in [-0.05, 0) is 12.1 Å². The van der Waals surface area contributed by atoms with Crippen LogP contribution in [-0.2, 0) is 9.84 Å². The predicted molar refractivity (Wildman–Crippen MR) is 72.4 cm³/mol. The molecule has 0 radical (unpaired) electrons. The fourth-order valence-electron chi connectivity index (χ4n) is 1.44. The van der Waals surface area contributed by atoms with Crippen molar-refractivity contribution in [2.24, 2.45) is 0 Å². The second-order valence-corrected chi connectivity index (χ2v) is 6.20. The molecule has 102 valence electrons. The third kappa shape index (κ3) is 4.10. The van der Waals surface area contributed by atoms with Crippen molar-refractivity contribution >= 4 is 15.5 Å². The number of methoxy groups -OCH3 is 2. The van der Waals surface area contributed by atoms with E-state index in [9.17, 15) is 8.42 Å². The molecular weight excluding hydrogens is 254 g/mol. The summed E-state index contributed by atoms with van der Waals surface area (Å²) in [6.45, 7) is 1.99. The zero-order valence-corrected chi connectivity index (χ0v) is 11.7. The average Bonchev–Trinajstić information content (AvgIpc) is 2.38. The molecule has 0 saturated heterocycles. The van der Waals surface area contributed by atoms with Crippen molar-refractivity contribution in [1.29, 1.82) is 0 Å². The lowest BCUT2D eigenvalue weighted by molar-refractivity contribution is 0.404. The monoisotopic (exact) mass is 273 g/mol. The summed E-state index contributed by atoms with van der Waals surface area (Å²) in [5.41, 5.74) is 0.725. The first-order valence-electron chi connectivity index (χ1n) is 5.68. The molecule has 0 amide bonds. The number of hydrogen-bond donors (Lipinski definition) is 1. The number of ether oxygens (including phenoxy) is 2. The van der Waals surface area contributed by atoms with E-state index >= 15 is 0 Å². The molecule has 0 spiro atoms. The first-order valence-corrected chi connectivity index (χ1v) is 7.51. The molecule has 18 heavy (non-hydrogen) atoms. The van der Waals surface area contributed by atoms with Crippen LogP contribution in [0.2, 0.25) is 0 Å². The first kappa shape index (κ1) is 14.6. The highest BCUT2D eigenvalue weighted by Gasteiger charge is 2.09. The van der Waals surface area contributed by atoms with Gasteiger partial charge in [-0.1, -0.05) is 6.92 Å². The zero-order valence-electron chi connectivity index (χ0n) is 10.9. The number of sulfone groups is 1. The fraction of sp³-hybridized carbons (Fsp3) is 0.500. The van der Waals surface area contributed by atoms with Gasteiger partial charge in [-0.3, -0.25) is 0 Å². The third-order valence-corrected chi connectivity index (χ3v) is 4.28. The van der Waals surface area contributed by atoms with Gasteiger partial charge < -0.3 is 14.8 Å². The van der Waals surface area contributed by atoms with E-state index in [-0.39, 0.29) is 11.5 Å². The van der Waals surface area contributed by atoms with E-state index in [2.05, 4.69) is 5.32 Å². The molecule has 0 aliphatic rings. The van der Waals surface area contributed by atoms with Crippen molar-refractivity contribution in [3.8, 4) is 11.5 Å². The Morgan fingerprint density at radius 3 is 2.50 bits per heavy atom. The Kier molecular flexibility index (Phi) is 5.27. The highest BCUT2D eigenvalue weighted by molar-refractivity contribution is 7.91. The van der Waals surface area contributed by atoms with Crippen molar-refractivity contribution < 1.29 is 17.9 Å². The molecule has 0 aromatic heterocycles. The normalized spacial score (nSPS) is 11.1. The Bertz CT molecular complexity index is 485. The van der Waals surface area contributed by atoms with E-state index in [1.54, 1.807) is 39.3 Å². The van der Waals surface area contributed by atoms with Crippen LogP contribution in [0.25, 0.3) is 0 Å². The topological polar surface area (TPSA) is 64.6 Å². The SMILES string of the molecule is CCS(=O)(=O)CCNc1cc(OC)ccc1OC. The Morgan fingerprint density at radius 1 is 1.22 bits per heavy atom. The summed E-state index contributed by atoms with van der Waals surface area (Å²) in [7, 11) is 0.182. The van der Waals surface area contributed by atoms with Gasteiger partial charge in [-0.15, -0.1) is 0 Å². The minimum Gasteiger partial charge on any atom is -0.497 e. The van der Waals surface area contributed by atoms with Crippen molar-refractivity contribution in [3.63, 3.8) is 0 Å². The van der Waals surface area contributed by atoms with E-state index < -0.39 is 9.84 Å². The molecule has 0 saturated carbocycles. The average molecular weight is 273 g/mol. The molecule has 1 N–H and O–H groups in total. The Morgan fingerprint density at radius 2 is 1.94 bits per heavy atom. The lowest BCUT2D eigenvalue weighted by Crippen LogP contribution is -2.17. The van der Waals surface area contributed by atoms with Gasteiger partial charge in [-0.25, -0.2) is 8.42 Å². The van der Waals surface area contributed by atoms with Crippen LogP contribution in [0.5, 0.6) is 11.5 Å². The molecule has 0 aliphatic heterocycles. The summed E-state index contributed by atoms with van der Waals surface area (Å²) in [4.78, 5) is 0. The molecule has 0 atom stereocenters. The molecule has 5 nitrogen and oxygen atoms in total.